The molecule has 0 atom stereocenters. The van der Waals surface area contributed by atoms with Crippen LogP contribution in [-0.4, -0.2) is 33.2 Å². The van der Waals surface area contributed by atoms with Crippen molar-refractivity contribution in [1.82, 2.24) is 0 Å². The van der Waals surface area contributed by atoms with Crippen molar-refractivity contribution >= 4 is 40.2 Å². The molecule has 0 aromatic heterocycles. The van der Waals surface area contributed by atoms with Gasteiger partial charge in [-0.25, -0.2) is 4.79 Å². The molecule has 1 N–H and O–H groups in total. The average Bonchev–Trinajstić information content (AvgIpc) is 2.60. The number of methoxy groups -OCH3 is 3. The maximum Gasteiger partial charge on any atom is 0.340 e. The van der Waals surface area contributed by atoms with Crippen LogP contribution in [0.2, 0.25) is 0 Å². The lowest BCUT2D eigenvalue weighted by atomic mass is 10.1. The Morgan fingerprint density at radius 2 is 1.67 bits per heavy atom. The molecule has 0 fully saturated rings. The second kappa shape index (κ2) is 8.00. The molecule has 24 heavy (non-hydrogen) atoms. The van der Waals surface area contributed by atoms with E-state index in [1.165, 1.54) is 33.5 Å². The largest absolute Gasteiger partial charge is 0.493 e. The Bertz CT molecular complexity index is 776. The van der Waals surface area contributed by atoms with Crippen molar-refractivity contribution in [3.63, 3.8) is 0 Å². The number of carbonyl (C=O) groups is 2. The van der Waals surface area contributed by atoms with E-state index in [2.05, 4.69) is 27.9 Å². The Labute approximate surface area is 153 Å². The summed E-state index contributed by atoms with van der Waals surface area (Å²) in [5.41, 5.74) is 0.935. The zero-order chi connectivity index (χ0) is 17.7. The van der Waals surface area contributed by atoms with E-state index in [9.17, 15) is 9.59 Å². The molecule has 7 heteroatoms. The number of hydrogen-bond acceptors (Lipinski definition) is 5. The Hall–Kier alpha value is -2.29. The van der Waals surface area contributed by atoms with Crippen LogP contribution in [0.5, 0.6) is 11.5 Å². The molecule has 0 aliphatic carbocycles. The number of hydrogen-bond donors (Lipinski definition) is 1. The molecule has 0 aliphatic heterocycles. The first-order chi connectivity index (χ1) is 11.5. The number of rotatable bonds is 5. The number of nitrogens with one attached hydrogen (secondary N) is 1. The van der Waals surface area contributed by atoms with Gasteiger partial charge in [0.2, 0.25) is 0 Å². The third kappa shape index (κ3) is 3.97. The standard InChI is InChI=1S/C17H16INO5/c1-22-14-8-12(17(21)24-3)13(9-15(14)23-2)19-16(20)10-5-4-6-11(18)7-10/h4-9H,1-3H3,(H,19,20). The maximum atomic E-state index is 12.4. The normalized spacial score (nSPS) is 10.0. The summed E-state index contributed by atoms with van der Waals surface area (Å²) in [6.07, 6.45) is 0. The van der Waals surface area contributed by atoms with Crippen LogP contribution in [0.4, 0.5) is 5.69 Å². The molecule has 2 aromatic carbocycles. The van der Waals surface area contributed by atoms with Crippen LogP contribution in [0.1, 0.15) is 20.7 Å². The van der Waals surface area contributed by atoms with Crippen LogP contribution >= 0.6 is 22.6 Å². The van der Waals surface area contributed by atoms with Gasteiger partial charge in [-0.3, -0.25) is 4.79 Å². The van der Waals surface area contributed by atoms with Crippen LogP contribution < -0.4 is 14.8 Å². The monoisotopic (exact) mass is 441 g/mol. The highest BCUT2D eigenvalue weighted by Crippen LogP contribution is 2.34. The molecule has 1 amide bonds. The van der Waals surface area contributed by atoms with Gasteiger partial charge in [0.25, 0.3) is 5.91 Å². The summed E-state index contributed by atoms with van der Waals surface area (Å²) >= 11 is 2.12. The fourth-order valence-electron chi connectivity index (χ4n) is 2.09. The zero-order valence-electron chi connectivity index (χ0n) is 13.4. The summed E-state index contributed by atoms with van der Waals surface area (Å²) in [5, 5.41) is 2.72. The van der Waals surface area contributed by atoms with Gasteiger partial charge in [-0.05, 0) is 40.8 Å². The molecule has 0 bridgehead atoms. The summed E-state index contributed by atoms with van der Waals surface area (Å²) in [7, 11) is 4.20. The lowest BCUT2D eigenvalue weighted by Crippen LogP contribution is -2.16. The van der Waals surface area contributed by atoms with Gasteiger partial charge in [0, 0.05) is 21.3 Å². The SMILES string of the molecule is COC(=O)c1cc(OC)c(OC)cc1NC(=O)c1cccc(I)c1. The van der Waals surface area contributed by atoms with Gasteiger partial charge in [-0.2, -0.15) is 0 Å². The third-order valence-corrected chi connectivity index (χ3v) is 3.94. The van der Waals surface area contributed by atoms with E-state index in [0.717, 1.165) is 3.57 Å². The number of carbonyl (C=O) groups excluding carboxylic acids is 2. The van der Waals surface area contributed by atoms with Gasteiger partial charge in [0.15, 0.2) is 11.5 Å². The Kier molecular flexibility index (Phi) is 6.02. The third-order valence-electron chi connectivity index (χ3n) is 3.26. The lowest BCUT2D eigenvalue weighted by molar-refractivity contribution is 0.0601. The second-order valence-corrected chi connectivity index (χ2v) is 5.95. The van der Waals surface area contributed by atoms with E-state index in [1.54, 1.807) is 18.2 Å². The second-order valence-electron chi connectivity index (χ2n) is 4.71. The minimum atomic E-state index is -0.589. The van der Waals surface area contributed by atoms with Crippen molar-refractivity contribution in [3.8, 4) is 11.5 Å². The highest BCUT2D eigenvalue weighted by molar-refractivity contribution is 14.1. The number of amides is 1. The number of anilines is 1. The number of esters is 1. The highest BCUT2D eigenvalue weighted by atomic mass is 127. The summed E-state index contributed by atoms with van der Waals surface area (Å²) in [6, 6.07) is 10.1. The molecule has 0 heterocycles. The van der Waals surface area contributed by atoms with Crippen LogP contribution in [-0.2, 0) is 4.74 Å². The van der Waals surface area contributed by atoms with Crippen molar-refractivity contribution in [1.29, 1.82) is 0 Å². The van der Waals surface area contributed by atoms with E-state index < -0.39 is 5.97 Å². The molecular formula is C17H16INO5. The van der Waals surface area contributed by atoms with E-state index in [4.69, 9.17) is 14.2 Å². The van der Waals surface area contributed by atoms with Crippen molar-refractivity contribution in [3.05, 3.63) is 51.1 Å². The number of ether oxygens (including phenoxy) is 3. The minimum absolute atomic E-state index is 0.175. The van der Waals surface area contributed by atoms with Crippen molar-refractivity contribution in [2.45, 2.75) is 0 Å². The first kappa shape index (κ1) is 18.1. The number of benzene rings is 2. The molecule has 2 rings (SSSR count). The molecule has 0 saturated carbocycles. The van der Waals surface area contributed by atoms with Crippen LogP contribution in [0.3, 0.4) is 0 Å². The molecule has 0 radical (unpaired) electrons. The van der Waals surface area contributed by atoms with Crippen molar-refractivity contribution in [2.24, 2.45) is 0 Å². The van der Waals surface area contributed by atoms with E-state index in [-0.39, 0.29) is 17.2 Å². The van der Waals surface area contributed by atoms with Crippen LogP contribution in [0, 0.1) is 3.57 Å². The molecule has 2 aromatic rings. The van der Waals surface area contributed by atoms with Gasteiger partial charge < -0.3 is 19.5 Å². The fraction of sp³-hybridized carbons (Fsp3) is 0.176. The quantitative estimate of drug-likeness (QED) is 0.569. The number of halogens is 1. The zero-order valence-corrected chi connectivity index (χ0v) is 15.5. The van der Waals surface area contributed by atoms with Gasteiger partial charge in [0.1, 0.15) is 0 Å². The summed E-state index contributed by atoms with van der Waals surface area (Å²) < 4.78 is 16.1. The van der Waals surface area contributed by atoms with E-state index >= 15 is 0 Å². The summed E-state index contributed by atoms with van der Waals surface area (Å²) in [6.45, 7) is 0. The van der Waals surface area contributed by atoms with E-state index in [1.807, 2.05) is 6.07 Å². The predicted molar refractivity (Wildman–Crippen MR) is 98.0 cm³/mol. The van der Waals surface area contributed by atoms with Gasteiger partial charge in [-0.1, -0.05) is 6.07 Å². The highest BCUT2D eigenvalue weighted by Gasteiger charge is 2.19. The van der Waals surface area contributed by atoms with E-state index in [0.29, 0.717) is 17.1 Å². The van der Waals surface area contributed by atoms with Crippen molar-refractivity contribution < 1.29 is 23.8 Å². The van der Waals surface area contributed by atoms with Gasteiger partial charge in [-0.15, -0.1) is 0 Å². The first-order valence-corrected chi connectivity index (χ1v) is 7.99. The van der Waals surface area contributed by atoms with Crippen LogP contribution in [0.25, 0.3) is 0 Å². The van der Waals surface area contributed by atoms with Gasteiger partial charge >= 0.3 is 5.97 Å². The average molecular weight is 441 g/mol. The van der Waals surface area contributed by atoms with Crippen molar-refractivity contribution in [2.75, 3.05) is 26.6 Å². The molecule has 0 unspecified atom stereocenters. The summed E-state index contributed by atoms with van der Waals surface area (Å²) in [5.74, 6) is -0.173. The Morgan fingerprint density at radius 3 is 2.25 bits per heavy atom. The molecular weight excluding hydrogens is 425 g/mol. The predicted octanol–water partition coefficient (Wildman–Crippen LogP) is 3.35. The lowest BCUT2D eigenvalue weighted by Gasteiger charge is -2.14. The van der Waals surface area contributed by atoms with Crippen LogP contribution in [0.15, 0.2) is 36.4 Å². The molecule has 126 valence electrons. The minimum Gasteiger partial charge on any atom is -0.493 e. The van der Waals surface area contributed by atoms with Gasteiger partial charge in [0.05, 0.1) is 32.6 Å². The molecule has 0 spiro atoms. The Balaban J connectivity index is 2.43. The molecule has 0 saturated heterocycles. The maximum absolute atomic E-state index is 12.4. The fourth-order valence-corrected chi connectivity index (χ4v) is 2.63. The first-order valence-electron chi connectivity index (χ1n) is 6.91. The topological polar surface area (TPSA) is 73.9 Å². The molecule has 0 aliphatic rings. The molecule has 6 nitrogen and oxygen atoms in total. The summed E-state index contributed by atoms with van der Waals surface area (Å²) in [4.78, 5) is 24.4. The Morgan fingerprint density at radius 1 is 1.00 bits per heavy atom. The smallest absolute Gasteiger partial charge is 0.340 e.